The van der Waals surface area contributed by atoms with Gasteiger partial charge in [0.05, 0.1) is 0 Å². The van der Waals surface area contributed by atoms with Gasteiger partial charge in [0.1, 0.15) is 5.60 Å². The quantitative estimate of drug-likeness (QED) is 0.829. The van der Waals surface area contributed by atoms with Crippen molar-refractivity contribution in [2.75, 3.05) is 5.32 Å². The molecule has 0 fully saturated rings. The van der Waals surface area contributed by atoms with E-state index < -0.39 is 11.7 Å². The Hall–Kier alpha value is -2.82. The Balaban J connectivity index is 1.94. The molecule has 0 aliphatic rings. The number of para-hydroxylation sites is 1. The number of anilines is 1. The molecular weight excluding hydrogens is 328 g/mol. The normalized spacial score (nSPS) is 10.9. The van der Waals surface area contributed by atoms with Crippen LogP contribution in [-0.4, -0.2) is 17.6 Å². The summed E-state index contributed by atoms with van der Waals surface area (Å²) in [5.74, 6) is -0.155. The van der Waals surface area contributed by atoms with Crippen molar-refractivity contribution in [2.24, 2.45) is 0 Å². The summed E-state index contributed by atoms with van der Waals surface area (Å²) in [7, 11) is 0. The zero-order valence-electron chi connectivity index (χ0n) is 15.8. The fraction of sp³-hybridized carbons (Fsp3) is 0.333. The Labute approximate surface area is 154 Å². The lowest BCUT2D eigenvalue weighted by Crippen LogP contribution is -2.32. The molecule has 2 rings (SSSR count). The molecule has 5 heteroatoms. The highest BCUT2D eigenvalue weighted by atomic mass is 16.6. The van der Waals surface area contributed by atoms with Gasteiger partial charge in [0, 0.05) is 17.8 Å². The Bertz CT molecular complexity index is 762. The third kappa shape index (κ3) is 5.92. The molecule has 0 bridgehead atoms. The van der Waals surface area contributed by atoms with Crippen molar-refractivity contribution in [3.05, 3.63) is 65.2 Å². The number of aryl methyl sites for hydroxylation is 1. The highest BCUT2D eigenvalue weighted by Crippen LogP contribution is 2.17. The minimum absolute atomic E-state index is 0.155. The third-order valence-corrected chi connectivity index (χ3v) is 3.70. The van der Waals surface area contributed by atoms with E-state index >= 15 is 0 Å². The lowest BCUT2D eigenvalue weighted by Gasteiger charge is -2.19. The van der Waals surface area contributed by atoms with Gasteiger partial charge in [0.25, 0.3) is 5.91 Å². The molecule has 0 radical (unpaired) electrons. The molecule has 0 saturated heterocycles. The molecule has 26 heavy (non-hydrogen) atoms. The molecule has 2 aromatic carbocycles. The van der Waals surface area contributed by atoms with Gasteiger partial charge in [-0.3, -0.25) is 4.79 Å². The second kappa shape index (κ2) is 8.52. The van der Waals surface area contributed by atoms with Crippen LogP contribution in [0.15, 0.2) is 48.5 Å². The average molecular weight is 354 g/mol. The molecule has 0 atom stereocenters. The first-order chi connectivity index (χ1) is 12.3. The molecule has 0 heterocycles. The number of carbonyl (C=O) groups is 2. The van der Waals surface area contributed by atoms with Gasteiger partial charge in [-0.1, -0.05) is 37.3 Å². The highest BCUT2D eigenvalue weighted by Gasteiger charge is 2.15. The van der Waals surface area contributed by atoms with Crippen molar-refractivity contribution < 1.29 is 14.3 Å². The number of benzene rings is 2. The monoisotopic (exact) mass is 354 g/mol. The standard InChI is InChI=1S/C21H26N2O3/c1-5-16-8-6-7-9-18(16)23-19(24)17-12-10-15(11-13-17)14-22-20(25)26-21(2,3)4/h6-13H,5,14H2,1-4H3,(H,22,25)(H,23,24). The molecule has 0 aliphatic heterocycles. The maximum Gasteiger partial charge on any atom is 0.407 e. The minimum Gasteiger partial charge on any atom is -0.444 e. The van der Waals surface area contributed by atoms with Crippen LogP contribution in [-0.2, 0) is 17.7 Å². The molecule has 0 unspecified atom stereocenters. The molecule has 138 valence electrons. The van der Waals surface area contributed by atoms with Gasteiger partial charge < -0.3 is 15.4 Å². The van der Waals surface area contributed by atoms with Crippen LogP contribution in [0.2, 0.25) is 0 Å². The van der Waals surface area contributed by atoms with Gasteiger partial charge >= 0.3 is 6.09 Å². The summed E-state index contributed by atoms with van der Waals surface area (Å²) in [4.78, 5) is 24.1. The summed E-state index contributed by atoms with van der Waals surface area (Å²) >= 11 is 0. The molecular formula is C21H26N2O3. The van der Waals surface area contributed by atoms with Gasteiger partial charge in [-0.15, -0.1) is 0 Å². The van der Waals surface area contributed by atoms with Crippen LogP contribution in [0.4, 0.5) is 10.5 Å². The van der Waals surface area contributed by atoms with E-state index in [0.29, 0.717) is 12.1 Å². The number of nitrogens with one attached hydrogen (secondary N) is 2. The zero-order chi connectivity index (χ0) is 19.2. The van der Waals surface area contributed by atoms with Gasteiger partial charge in [-0.2, -0.15) is 0 Å². The summed E-state index contributed by atoms with van der Waals surface area (Å²) in [6, 6.07) is 14.9. The second-order valence-electron chi connectivity index (χ2n) is 7.02. The first-order valence-electron chi connectivity index (χ1n) is 8.73. The predicted molar refractivity (Wildman–Crippen MR) is 103 cm³/mol. The summed E-state index contributed by atoms with van der Waals surface area (Å²) in [5.41, 5.74) is 2.86. The van der Waals surface area contributed by atoms with Crippen LogP contribution >= 0.6 is 0 Å². The first kappa shape index (κ1) is 19.5. The molecule has 5 nitrogen and oxygen atoms in total. The molecule has 2 N–H and O–H groups in total. The lowest BCUT2D eigenvalue weighted by molar-refractivity contribution is 0.0523. The number of carbonyl (C=O) groups excluding carboxylic acids is 2. The van der Waals surface area contributed by atoms with E-state index in [1.54, 1.807) is 12.1 Å². The van der Waals surface area contributed by atoms with Crippen LogP contribution in [0.3, 0.4) is 0 Å². The fourth-order valence-corrected chi connectivity index (χ4v) is 2.41. The van der Waals surface area contributed by atoms with Gasteiger partial charge in [0.2, 0.25) is 0 Å². The van der Waals surface area contributed by atoms with Crippen LogP contribution in [0, 0.1) is 0 Å². The Morgan fingerprint density at radius 1 is 1.00 bits per heavy atom. The van der Waals surface area contributed by atoms with Crippen molar-refractivity contribution in [1.82, 2.24) is 5.32 Å². The van der Waals surface area contributed by atoms with Crippen LogP contribution in [0.1, 0.15) is 49.2 Å². The Morgan fingerprint density at radius 2 is 1.65 bits per heavy atom. The summed E-state index contributed by atoms with van der Waals surface area (Å²) in [6.07, 6.45) is 0.390. The number of hydrogen-bond donors (Lipinski definition) is 2. The molecule has 0 saturated carbocycles. The number of rotatable bonds is 5. The van der Waals surface area contributed by atoms with E-state index in [0.717, 1.165) is 23.2 Å². The van der Waals surface area contributed by atoms with E-state index in [4.69, 9.17) is 4.74 Å². The minimum atomic E-state index is -0.527. The summed E-state index contributed by atoms with van der Waals surface area (Å²) in [6.45, 7) is 7.84. The number of hydrogen-bond acceptors (Lipinski definition) is 3. The smallest absolute Gasteiger partial charge is 0.407 e. The molecule has 0 aliphatic carbocycles. The maximum atomic E-state index is 12.4. The van der Waals surface area contributed by atoms with E-state index in [1.165, 1.54) is 0 Å². The van der Waals surface area contributed by atoms with Gasteiger partial charge in [-0.25, -0.2) is 4.79 Å². The lowest BCUT2D eigenvalue weighted by atomic mass is 10.1. The Kier molecular flexibility index (Phi) is 6.39. The van der Waals surface area contributed by atoms with Crippen molar-refractivity contribution in [2.45, 2.75) is 46.3 Å². The third-order valence-electron chi connectivity index (χ3n) is 3.70. The van der Waals surface area contributed by atoms with Crippen LogP contribution in [0.25, 0.3) is 0 Å². The van der Waals surface area contributed by atoms with Crippen LogP contribution in [0.5, 0.6) is 0 Å². The zero-order valence-corrected chi connectivity index (χ0v) is 15.8. The highest BCUT2D eigenvalue weighted by molar-refractivity contribution is 6.04. The largest absolute Gasteiger partial charge is 0.444 e. The van der Waals surface area contributed by atoms with Gasteiger partial charge in [-0.05, 0) is 56.5 Å². The summed E-state index contributed by atoms with van der Waals surface area (Å²) < 4.78 is 5.20. The molecule has 2 aromatic rings. The predicted octanol–water partition coefficient (Wildman–Crippen LogP) is 4.53. The van der Waals surface area contributed by atoms with E-state index in [9.17, 15) is 9.59 Å². The maximum absolute atomic E-state index is 12.4. The Morgan fingerprint density at radius 3 is 2.27 bits per heavy atom. The van der Waals surface area contributed by atoms with E-state index in [-0.39, 0.29) is 5.91 Å². The number of alkyl carbamates (subject to hydrolysis) is 1. The molecule has 0 spiro atoms. The first-order valence-corrected chi connectivity index (χ1v) is 8.73. The average Bonchev–Trinajstić information content (AvgIpc) is 2.59. The number of amides is 2. The molecule has 2 amide bonds. The van der Waals surface area contributed by atoms with Crippen molar-refractivity contribution in [3.8, 4) is 0 Å². The SMILES string of the molecule is CCc1ccccc1NC(=O)c1ccc(CNC(=O)OC(C)(C)C)cc1. The topological polar surface area (TPSA) is 67.4 Å². The van der Waals surface area contributed by atoms with Crippen molar-refractivity contribution in [1.29, 1.82) is 0 Å². The molecule has 0 aromatic heterocycles. The summed E-state index contributed by atoms with van der Waals surface area (Å²) in [5, 5.41) is 5.64. The van der Waals surface area contributed by atoms with Crippen molar-refractivity contribution >= 4 is 17.7 Å². The van der Waals surface area contributed by atoms with Crippen molar-refractivity contribution in [3.63, 3.8) is 0 Å². The van der Waals surface area contributed by atoms with E-state index in [2.05, 4.69) is 17.6 Å². The number of ether oxygens (including phenoxy) is 1. The fourth-order valence-electron chi connectivity index (χ4n) is 2.41. The second-order valence-corrected chi connectivity index (χ2v) is 7.02. The van der Waals surface area contributed by atoms with Crippen LogP contribution < -0.4 is 10.6 Å². The van der Waals surface area contributed by atoms with Gasteiger partial charge in [0.15, 0.2) is 0 Å². The van der Waals surface area contributed by atoms with E-state index in [1.807, 2.05) is 57.2 Å².